The van der Waals surface area contributed by atoms with Crippen LogP contribution in [0.5, 0.6) is 5.75 Å². The van der Waals surface area contributed by atoms with Crippen molar-refractivity contribution in [3.63, 3.8) is 0 Å². The summed E-state index contributed by atoms with van der Waals surface area (Å²) in [5, 5.41) is 3.31. The Bertz CT molecular complexity index is 407. The number of methoxy groups -OCH3 is 2. The molecular formula is C12H20N4O2. The molecule has 0 unspecified atom stereocenters. The van der Waals surface area contributed by atoms with Crippen molar-refractivity contribution in [2.45, 2.75) is 19.3 Å². The topological polar surface area (TPSA) is 82.3 Å². The summed E-state index contributed by atoms with van der Waals surface area (Å²) in [5.41, 5.74) is 6.08. The van der Waals surface area contributed by atoms with Gasteiger partial charge in [0.1, 0.15) is 6.33 Å². The Balaban J connectivity index is 1.96. The summed E-state index contributed by atoms with van der Waals surface area (Å²) in [4.78, 5) is 8.06. The molecule has 6 heteroatoms. The molecule has 0 radical (unpaired) electrons. The summed E-state index contributed by atoms with van der Waals surface area (Å²) >= 11 is 0. The minimum absolute atomic E-state index is 0.348. The van der Waals surface area contributed by atoms with E-state index in [9.17, 15) is 0 Å². The van der Waals surface area contributed by atoms with Gasteiger partial charge in [0.2, 0.25) is 5.75 Å². The quantitative estimate of drug-likeness (QED) is 0.761. The highest BCUT2D eigenvalue weighted by atomic mass is 16.5. The van der Waals surface area contributed by atoms with Crippen LogP contribution in [0.15, 0.2) is 6.33 Å². The first-order valence-corrected chi connectivity index (χ1v) is 6.08. The Labute approximate surface area is 107 Å². The van der Waals surface area contributed by atoms with Crippen molar-refractivity contribution >= 4 is 11.6 Å². The maximum Gasteiger partial charge on any atom is 0.203 e. The molecule has 1 aliphatic carbocycles. The van der Waals surface area contributed by atoms with Gasteiger partial charge in [0.15, 0.2) is 11.6 Å². The van der Waals surface area contributed by atoms with Gasteiger partial charge in [0.05, 0.1) is 7.11 Å². The minimum atomic E-state index is 0.348. The molecule has 100 valence electrons. The summed E-state index contributed by atoms with van der Waals surface area (Å²) in [5.74, 6) is 1.53. The monoisotopic (exact) mass is 252 g/mol. The average molecular weight is 252 g/mol. The van der Waals surface area contributed by atoms with Crippen LogP contribution in [0.4, 0.5) is 11.6 Å². The molecule has 18 heavy (non-hydrogen) atoms. The molecule has 1 heterocycles. The number of nitrogens with two attached hydrogens (primary N) is 1. The summed E-state index contributed by atoms with van der Waals surface area (Å²) < 4.78 is 10.3. The molecule has 0 aliphatic heterocycles. The summed E-state index contributed by atoms with van der Waals surface area (Å²) in [6.07, 6.45) is 4.97. The lowest BCUT2D eigenvalue weighted by Crippen LogP contribution is -2.18. The van der Waals surface area contributed by atoms with Crippen molar-refractivity contribution < 1.29 is 9.47 Å². The number of anilines is 2. The number of aromatic nitrogens is 2. The van der Waals surface area contributed by atoms with Crippen molar-refractivity contribution in [2.24, 2.45) is 5.41 Å². The third kappa shape index (κ3) is 2.81. The zero-order valence-corrected chi connectivity index (χ0v) is 10.9. The number of nitrogens with one attached hydrogen (secondary N) is 1. The summed E-state index contributed by atoms with van der Waals surface area (Å²) in [7, 11) is 3.30. The number of hydrogen-bond donors (Lipinski definition) is 2. The van der Waals surface area contributed by atoms with Crippen LogP contribution >= 0.6 is 0 Å². The minimum Gasteiger partial charge on any atom is -0.490 e. The zero-order valence-electron chi connectivity index (χ0n) is 10.9. The van der Waals surface area contributed by atoms with Gasteiger partial charge in [-0.3, -0.25) is 0 Å². The fourth-order valence-electron chi connectivity index (χ4n) is 2.00. The molecule has 6 nitrogen and oxygen atoms in total. The van der Waals surface area contributed by atoms with Crippen molar-refractivity contribution in [1.29, 1.82) is 0 Å². The van der Waals surface area contributed by atoms with E-state index in [-0.39, 0.29) is 0 Å². The molecule has 0 atom stereocenters. The number of nitrogen functional groups attached to an aromatic ring is 1. The average Bonchev–Trinajstić information content (AvgIpc) is 3.15. The van der Waals surface area contributed by atoms with Gasteiger partial charge in [-0.2, -0.15) is 0 Å². The van der Waals surface area contributed by atoms with E-state index in [1.807, 2.05) is 0 Å². The van der Waals surface area contributed by atoms with Crippen LogP contribution in [-0.2, 0) is 4.74 Å². The van der Waals surface area contributed by atoms with Gasteiger partial charge in [-0.1, -0.05) is 0 Å². The molecule has 1 aromatic heterocycles. The maximum absolute atomic E-state index is 5.73. The SMILES string of the molecule is COCCC1(CNc2ncnc(N)c2OC)CC1. The lowest BCUT2D eigenvalue weighted by Gasteiger charge is -2.17. The van der Waals surface area contributed by atoms with Gasteiger partial charge in [0, 0.05) is 20.3 Å². The van der Waals surface area contributed by atoms with Gasteiger partial charge < -0.3 is 20.5 Å². The molecular weight excluding hydrogens is 232 g/mol. The van der Waals surface area contributed by atoms with E-state index >= 15 is 0 Å². The van der Waals surface area contributed by atoms with Crippen molar-refractivity contribution in [3.05, 3.63) is 6.33 Å². The smallest absolute Gasteiger partial charge is 0.203 e. The first-order chi connectivity index (χ1) is 8.71. The molecule has 3 N–H and O–H groups in total. The van der Waals surface area contributed by atoms with E-state index in [0.717, 1.165) is 19.6 Å². The molecule has 1 aromatic rings. The lowest BCUT2D eigenvalue weighted by molar-refractivity contribution is 0.175. The van der Waals surface area contributed by atoms with Gasteiger partial charge >= 0.3 is 0 Å². The maximum atomic E-state index is 5.73. The van der Waals surface area contributed by atoms with E-state index in [4.69, 9.17) is 15.2 Å². The second-order valence-corrected chi connectivity index (χ2v) is 4.74. The molecule has 1 aliphatic rings. The third-order valence-corrected chi connectivity index (χ3v) is 3.46. The highest BCUT2D eigenvalue weighted by Crippen LogP contribution is 2.49. The van der Waals surface area contributed by atoms with Crippen LogP contribution in [0.25, 0.3) is 0 Å². The van der Waals surface area contributed by atoms with E-state index in [0.29, 0.717) is 22.8 Å². The molecule has 0 amide bonds. The Morgan fingerprint density at radius 2 is 2.17 bits per heavy atom. The number of ether oxygens (including phenoxy) is 2. The standard InChI is InChI=1S/C12H20N4O2/c1-17-6-5-12(3-4-12)7-14-11-9(18-2)10(13)15-8-16-11/h8H,3-7H2,1-2H3,(H3,13,14,15,16). The molecule has 0 aromatic carbocycles. The largest absolute Gasteiger partial charge is 0.490 e. The normalized spacial score (nSPS) is 16.3. The van der Waals surface area contributed by atoms with Gasteiger partial charge in [-0.15, -0.1) is 0 Å². The Morgan fingerprint density at radius 3 is 2.78 bits per heavy atom. The number of hydrogen-bond acceptors (Lipinski definition) is 6. The van der Waals surface area contributed by atoms with Gasteiger partial charge in [-0.25, -0.2) is 9.97 Å². The molecule has 0 bridgehead atoms. The Kier molecular flexibility index (Phi) is 3.86. The second kappa shape index (κ2) is 5.39. The van der Waals surface area contributed by atoms with Gasteiger partial charge in [0.25, 0.3) is 0 Å². The second-order valence-electron chi connectivity index (χ2n) is 4.74. The van der Waals surface area contributed by atoms with E-state index < -0.39 is 0 Å². The predicted octanol–water partition coefficient (Wildman–Crippen LogP) is 1.30. The third-order valence-electron chi connectivity index (χ3n) is 3.46. The van der Waals surface area contributed by atoms with Gasteiger partial charge in [-0.05, 0) is 24.7 Å². The lowest BCUT2D eigenvalue weighted by atomic mass is 10.0. The summed E-state index contributed by atoms with van der Waals surface area (Å²) in [6.45, 7) is 1.66. The first-order valence-electron chi connectivity index (χ1n) is 6.08. The first kappa shape index (κ1) is 12.9. The number of nitrogens with zero attached hydrogens (tertiary/aromatic N) is 2. The molecule has 0 spiro atoms. The molecule has 1 fully saturated rings. The number of rotatable bonds is 7. The fraction of sp³-hybridized carbons (Fsp3) is 0.667. The van der Waals surface area contributed by atoms with E-state index in [1.54, 1.807) is 14.2 Å². The van der Waals surface area contributed by atoms with Crippen LogP contribution in [0.3, 0.4) is 0 Å². The van der Waals surface area contributed by atoms with Crippen LogP contribution < -0.4 is 15.8 Å². The predicted molar refractivity (Wildman–Crippen MR) is 69.6 cm³/mol. The zero-order chi connectivity index (χ0) is 13.0. The summed E-state index contributed by atoms with van der Waals surface area (Å²) in [6, 6.07) is 0. The van der Waals surface area contributed by atoms with Crippen LogP contribution in [-0.4, -0.2) is 37.3 Å². The van der Waals surface area contributed by atoms with Crippen molar-refractivity contribution in [2.75, 3.05) is 38.4 Å². The van der Waals surface area contributed by atoms with Crippen LogP contribution in [0.2, 0.25) is 0 Å². The molecule has 0 saturated heterocycles. The van der Waals surface area contributed by atoms with Crippen LogP contribution in [0.1, 0.15) is 19.3 Å². The van der Waals surface area contributed by atoms with E-state index in [2.05, 4.69) is 15.3 Å². The molecule has 1 saturated carbocycles. The Morgan fingerprint density at radius 1 is 1.39 bits per heavy atom. The van der Waals surface area contributed by atoms with E-state index in [1.165, 1.54) is 19.2 Å². The highest BCUT2D eigenvalue weighted by molar-refractivity contribution is 5.61. The highest BCUT2D eigenvalue weighted by Gasteiger charge is 2.41. The molecule has 2 rings (SSSR count). The van der Waals surface area contributed by atoms with Crippen LogP contribution in [0, 0.1) is 5.41 Å². The van der Waals surface area contributed by atoms with Crippen molar-refractivity contribution in [3.8, 4) is 5.75 Å². The van der Waals surface area contributed by atoms with Crippen molar-refractivity contribution in [1.82, 2.24) is 9.97 Å². The Hall–Kier alpha value is -1.56. The fourth-order valence-corrected chi connectivity index (χ4v) is 2.00.